The third-order valence-corrected chi connectivity index (χ3v) is 3.69. The molecular formula is C19H21ClN2O5. The Morgan fingerprint density at radius 3 is 2.52 bits per heavy atom. The molecule has 0 saturated heterocycles. The second-order valence-electron chi connectivity index (χ2n) is 5.25. The monoisotopic (exact) mass is 392 g/mol. The van der Waals surface area contributed by atoms with E-state index in [0.717, 1.165) is 5.56 Å². The van der Waals surface area contributed by atoms with E-state index in [9.17, 15) is 4.79 Å². The van der Waals surface area contributed by atoms with Crippen molar-refractivity contribution in [2.45, 2.75) is 6.92 Å². The number of hydrogen-bond donors (Lipinski definition) is 1. The molecule has 0 aliphatic carbocycles. The van der Waals surface area contributed by atoms with Gasteiger partial charge in [-0.25, -0.2) is 0 Å². The predicted molar refractivity (Wildman–Crippen MR) is 104 cm³/mol. The molecule has 2 aromatic carbocycles. The average Bonchev–Trinajstić information content (AvgIpc) is 2.66. The summed E-state index contributed by atoms with van der Waals surface area (Å²) in [6, 6.07) is 10.3. The molecule has 0 unspecified atom stereocenters. The maximum Gasteiger partial charge on any atom is 0.265 e. The van der Waals surface area contributed by atoms with E-state index in [-0.39, 0.29) is 12.5 Å². The van der Waals surface area contributed by atoms with Crippen molar-refractivity contribution in [2.75, 3.05) is 32.8 Å². The molecule has 1 amide bonds. The van der Waals surface area contributed by atoms with Gasteiger partial charge in [0.15, 0.2) is 18.1 Å². The van der Waals surface area contributed by atoms with Crippen LogP contribution >= 0.6 is 11.6 Å². The number of anilines is 1. The number of amides is 1. The zero-order valence-corrected chi connectivity index (χ0v) is 16.1. The number of ether oxygens (including phenoxy) is 3. The lowest BCUT2D eigenvalue weighted by molar-refractivity contribution is -0.120. The lowest BCUT2D eigenvalue weighted by Gasteiger charge is -2.09. The summed E-state index contributed by atoms with van der Waals surface area (Å²) in [4.78, 5) is 16.9. The van der Waals surface area contributed by atoms with Crippen LogP contribution in [0.15, 0.2) is 41.6 Å². The summed E-state index contributed by atoms with van der Waals surface area (Å²) in [5.74, 6) is 1.41. The molecule has 0 heterocycles. The molecule has 0 saturated carbocycles. The van der Waals surface area contributed by atoms with Gasteiger partial charge in [0.25, 0.3) is 5.91 Å². The van der Waals surface area contributed by atoms with Crippen LogP contribution in [0, 0.1) is 0 Å². The highest BCUT2D eigenvalue weighted by atomic mass is 35.5. The summed E-state index contributed by atoms with van der Waals surface area (Å²) in [6.45, 7) is 2.20. The van der Waals surface area contributed by atoms with Gasteiger partial charge in [-0.05, 0) is 43.3 Å². The number of carbonyl (C=O) groups is 1. The third-order valence-electron chi connectivity index (χ3n) is 3.40. The Balaban J connectivity index is 1.86. The molecule has 0 aliphatic heterocycles. The SMILES string of the molecule is CCOc1ccc(/C=N/OCC(=O)Nc2ccc(OC)c(Cl)c2)cc1OC. The fourth-order valence-corrected chi connectivity index (χ4v) is 2.43. The average molecular weight is 393 g/mol. The van der Waals surface area contributed by atoms with Crippen molar-refractivity contribution >= 4 is 29.4 Å². The van der Waals surface area contributed by atoms with Crippen LogP contribution in [0.25, 0.3) is 0 Å². The smallest absolute Gasteiger partial charge is 0.265 e. The van der Waals surface area contributed by atoms with Crippen LogP contribution in [-0.2, 0) is 9.63 Å². The van der Waals surface area contributed by atoms with Crippen molar-refractivity contribution in [3.05, 3.63) is 47.0 Å². The molecule has 27 heavy (non-hydrogen) atoms. The first-order chi connectivity index (χ1) is 13.1. The molecule has 0 aliphatic rings. The van der Waals surface area contributed by atoms with Crippen molar-refractivity contribution in [3.63, 3.8) is 0 Å². The molecule has 0 radical (unpaired) electrons. The lowest BCUT2D eigenvalue weighted by atomic mass is 10.2. The van der Waals surface area contributed by atoms with Gasteiger partial charge in [0.1, 0.15) is 5.75 Å². The summed E-state index contributed by atoms with van der Waals surface area (Å²) in [6.07, 6.45) is 1.48. The summed E-state index contributed by atoms with van der Waals surface area (Å²) in [5, 5.41) is 6.85. The highest BCUT2D eigenvalue weighted by Gasteiger charge is 2.07. The van der Waals surface area contributed by atoms with Gasteiger partial charge in [0, 0.05) is 11.3 Å². The quantitative estimate of drug-likeness (QED) is 0.519. The highest BCUT2D eigenvalue weighted by Crippen LogP contribution is 2.28. The summed E-state index contributed by atoms with van der Waals surface area (Å²) >= 11 is 6.01. The molecule has 0 bridgehead atoms. The van der Waals surface area contributed by atoms with Crippen molar-refractivity contribution in [3.8, 4) is 17.2 Å². The molecule has 0 fully saturated rings. The minimum atomic E-state index is -0.363. The Bertz CT molecular complexity index is 811. The normalized spacial score (nSPS) is 10.5. The zero-order valence-electron chi connectivity index (χ0n) is 15.3. The number of nitrogens with one attached hydrogen (secondary N) is 1. The van der Waals surface area contributed by atoms with E-state index >= 15 is 0 Å². The summed E-state index contributed by atoms with van der Waals surface area (Å²) in [7, 11) is 3.08. The number of rotatable bonds is 9. The van der Waals surface area contributed by atoms with Gasteiger partial charge < -0.3 is 24.4 Å². The van der Waals surface area contributed by atoms with Crippen LogP contribution in [0.3, 0.4) is 0 Å². The Morgan fingerprint density at radius 2 is 1.85 bits per heavy atom. The van der Waals surface area contributed by atoms with Gasteiger partial charge in [-0.2, -0.15) is 0 Å². The summed E-state index contributed by atoms with van der Waals surface area (Å²) < 4.78 is 15.8. The summed E-state index contributed by atoms with van der Waals surface area (Å²) in [5.41, 5.74) is 1.28. The first-order valence-electron chi connectivity index (χ1n) is 8.17. The molecule has 8 heteroatoms. The van der Waals surface area contributed by atoms with E-state index in [1.54, 1.807) is 43.5 Å². The van der Waals surface area contributed by atoms with Crippen LogP contribution in [0.2, 0.25) is 5.02 Å². The molecule has 0 aromatic heterocycles. The largest absolute Gasteiger partial charge is 0.495 e. The molecular weight excluding hydrogens is 372 g/mol. The number of benzene rings is 2. The fraction of sp³-hybridized carbons (Fsp3) is 0.263. The van der Waals surface area contributed by atoms with Gasteiger partial charge in [0.05, 0.1) is 32.1 Å². The Morgan fingerprint density at radius 1 is 1.11 bits per heavy atom. The van der Waals surface area contributed by atoms with Gasteiger partial charge in [-0.15, -0.1) is 0 Å². The van der Waals surface area contributed by atoms with Gasteiger partial charge >= 0.3 is 0 Å². The molecule has 7 nitrogen and oxygen atoms in total. The number of oxime groups is 1. The Hall–Kier alpha value is -2.93. The maximum absolute atomic E-state index is 11.9. The number of carbonyl (C=O) groups excluding carboxylic acids is 1. The number of halogens is 1. The van der Waals surface area contributed by atoms with Gasteiger partial charge in [-0.1, -0.05) is 16.8 Å². The van der Waals surface area contributed by atoms with Crippen molar-refractivity contribution in [1.82, 2.24) is 0 Å². The topological polar surface area (TPSA) is 78.4 Å². The second-order valence-corrected chi connectivity index (χ2v) is 5.66. The third kappa shape index (κ3) is 6.07. The van der Waals surface area contributed by atoms with Crippen molar-refractivity contribution < 1.29 is 23.8 Å². The van der Waals surface area contributed by atoms with Gasteiger partial charge in [0.2, 0.25) is 0 Å². The van der Waals surface area contributed by atoms with E-state index in [4.69, 9.17) is 30.6 Å². The molecule has 0 spiro atoms. The number of methoxy groups -OCH3 is 2. The van der Waals surface area contributed by atoms with Gasteiger partial charge in [-0.3, -0.25) is 4.79 Å². The van der Waals surface area contributed by atoms with Crippen LogP contribution in [0.4, 0.5) is 5.69 Å². The maximum atomic E-state index is 11.9. The molecule has 2 rings (SSSR count). The molecule has 0 atom stereocenters. The van der Waals surface area contributed by atoms with Crippen molar-refractivity contribution in [2.24, 2.45) is 5.16 Å². The molecule has 1 N–H and O–H groups in total. The number of nitrogens with zero attached hydrogens (tertiary/aromatic N) is 1. The van der Waals surface area contributed by atoms with E-state index in [2.05, 4.69) is 10.5 Å². The minimum absolute atomic E-state index is 0.242. The number of hydrogen-bond acceptors (Lipinski definition) is 6. The molecule has 144 valence electrons. The van der Waals surface area contributed by atoms with Crippen LogP contribution in [0.1, 0.15) is 12.5 Å². The van der Waals surface area contributed by atoms with E-state index < -0.39 is 0 Å². The Kier molecular flexibility index (Phi) is 7.76. The van der Waals surface area contributed by atoms with E-state index in [1.165, 1.54) is 13.3 Å². The predicted octanol–water partition coefficient (Wildman–Crippen LogP) is 3.75. The first-order valence-corrected chi connectivity index (χ1v) is 8.54. The van der Waals surface area contributed by atoms with E-state index in [0.29, 0.717) is 34.6 Å². The standard InChI is InChI=1S/C19H21ClN2O5/c1-4-26-17-7-5-13(9-18(17)25-3)11-21-27-12-19(23)22-14-6-8-16(24-2)15(20)10-14/h5-11H,4,12H2,1-3H3,(H,22,23)/b21-11+. The van der Waals surface area contributed by atoms with Crippen LogP contribution in [0.5, 0.6) is 17.2 Å². The lowest BCUT2D eigenvalue weighted by Crippen LogP contribution is -2.16. The molecule has 2 aromatic rings. The van der Waals surface area contributed by atoms with E-state index in [1.807, 2.05) is 6.92 Å². The fourth-order valence-electron chi connectivity index (χ4n) is 2.17. The van der Waals surface area contributed by atoms with Crippen LogP contribution in [-0.4, -0.2) is 39.6 Å². The Labute approximate surface area is 162 Å². The highest BCUT2D eigenvalue weighted by molar-refractivity contribution is 6.32. The first kappa shape index (κ1) is 20.4. The zero-order chi connectivity index (χ0) is 19.6. The van der Waals surface area contributed by atoms with Crippen molar-refractivity contribution in [1.29, 1.82) is 0 Å². The second kappa shape index (κ2) is 10.3. The minimum Gasteiger partial charge on any atom is -0.495 e. The van der Waals surface area contributed by atoms with Crippen LogP contribution < -0.4 is 19.5 Å².